The van der Waals surface area contributed by atoms with Crippen LogP contribution in [0.25, 0.3) is 10.8 Å². The first-order chi connectivity index (χ1) is 13.5. The molecule has 1 aromatic heterocycles. The summed E-state index contributed by atoms with van der Waals surface area (Å²) < 4.78 is 11.9. The zero-order chi connectivity index (χ0) is 20.1. The predicted octanol–water partition coefficient (Wildman–Crippen LogP) is 2.10. The molecule has 0 saturated carbocycles. The summed E-state index contributed by atoms with van der Waals surface area (Å²) in [7, 11) is 3.07. The lowest BCUT2D eigenvalue weighted by Gasteiger charge is -2.09. The van der Waals surface area contributed by atoms with Gasteiger partial charge in [-0.25, -0.2) is 10.1 Å². The number of nitrogens with one attached hydrogen (secondary N) is 1. The number of aromatic nitrogens is 2. The monoisotopic (exact) mass is 380 g/mol. The van der Waals surface area contributed by atoms with Crippen LogP contribution in [0.4, 0.5) is 0 Å². The van der Waals surface area contributed by atoms with Crippen molar-refractivity contribution in [3.05, 3.63) is 64.1 Å². The van der Waals surface area contributed by atoms with E-state index in [0.717, 1.165) is 10.2 Å². The number of hydrogen-bond acceptors (Lipinski definition) is 6. The molecule has 0 spiro atoms. The van der Waals surface area contributed by atoms with Crippen molar-refractivity contribution in [1.29, 1.82) is 0 Å². The summed E-state index contributed by atoms with van der Waals surface area (Å²) in [6.07, 6.45) is 1.49. The van der Waals surface area contributed by atoms with Gasteiger partial charge in [-0.05, 0) is 36.8 Å². The lowest BCUT2D eigenvalue weighted by molar-refractivity contribution is 0.0950. The van der Waals surface area contributed by atoms with Crippen molar-refractivity contribution in [3.63, 3.8) is 0 Å². The number of aryl methyl sites for hydroxylation is 1. The van der Waals surface area contributed by atoms with E-state index in [2.05, 4.69) is 15.6 Å². The van der Waals surface area contributed by atoms with Gasteiger partial charge in [-0.1, -0.05) is 18.2 Å². The summed E-state index contributed by atoms with van der Waals surface area (Å²) in [5.41, 5.74) is 3.03. The highest BCUT2D eigenvalue weighted by molar-refractivity contribution is 6.04. The van der Waals surface area contributed by atoms with Gasteiger partial charge in [-0.3, -0.25) is 9.59 Å². The van der Waals surface area contributed by atoms with E-state index in [1.807, 2.05) is 6.92 Å². The molecule has 0 aliphatic rings. The second-order valence-electron chi connectivity index (χ2n) is 5.87. The fourth-order valence-corrected chi connectivity index (χ4v) is 2.73. The van der Waals surface area contributed by atoms with E-state index in [-0.39, 0.29) is 11.3 Å². The number of benzene rings is 2. The molecule has 1 heterocycles. The van der Waals surface area contributed by atoms with E-state index >= 15 is 0 Å². The number of ether oxygens (including phenoxy) is 2. The molecule has 8 nitrogen and oxygen atoms in total. The molecule has 0 fully saturated rings. The summed E-state index contributed by atoms with van der Waals surface area (Å²) in [6.45, 7) is 2.38. The summed E-state index contributed by atoms with van der Waals surface area (Å²) >= 11 is 0. The molecule has 0 radical (unpaired) electrons. The van der Waals surface area contributed by atoms with Crippen LogP contribution in [-0.4, -0.2) is 35.6 Å². The Morgan fingerprint density at radius 1 is 1.21 bits per heavy atom. The van der Waals surface area contributed by atoms with E-state index < -0.39 is 5.91 Å². The normalized spacial score (nSPS) is 11.0. The smallest absolute Gasteiger partial charge is 0.292 e. The highest BCUT2D eigenvalue weighted by Gasteiger charge is 2.15. The van der Waals surface area contributed by atoms with E-state index in [4.69, 9.17) is 9.47 Å². The predicted molar refractivity (Wildman–Crippen MR) is 106 cm³/mol. The molecule has 0 unspecified atom stereocenters. The van der Waals surface area contributed by atoms with E-state index in [1.54, 1.807) is 49.6 Å². The summed E-state index contributed by atoms with van der Waals surface area (Å²) in [4.78, 5) is 24.7. The zero-order valence-corrected chi connectivity index (χ0v) is 15.8. The Kier molecular flexibility index (Phi) is 5.69. The second-order valence-corrected chi connectivity index (χ2v) is 5.87. The van der Waals surface area contributed by atoms with Gasteiger partial charge in [-0.2, -0.15) is 10.2 Å². The van der Waals surface area contributed by atoms with Crippen LogP contribution in [0.5, 0.6) is 11.5 Å². The highest BCUT2D eigenvalue weighted by Crippen LogP contribution is 2.27. The van der Waals surface area contributed by atoms with Crippen molar-refractivity contribution in [2.75, 3.05) is 13.7 Å². The van der Waals surface area contributed by atoms with Gasteiger partial charge in [0, 0.05) is 12.4 Å². The van der Waals surface area contributed by atoms with Gasteiger partial charge < -0.3 is 9.47 Å². The topological polar surface area (TPSA) is 94.8 Å². The van der Waals surface area contributed by atoms with Gasteiger partial charge in [-0.15, -0.1) is 0 Å². The van der Waals surface area contributed by atoms with Crippen LogP contribution in [0, 0.1) is 0 Å². The third-order valence-corrected chi connectivity index (χ3v) is 4.04. The molecule has 3 aromatic rings. The van der Waals surface area contributed by atoms with Gasteiger partial charge in [0.1, 0.15) is 0 Å². The number of hydrogen-bond donors (Lipinski definition) is 1. The number of amides is 1. The molecule has 1 N–H and O–H groups in total. The first kappa shape index (κ1) is 19.1. The average molecular weight is 380 g/mol. The molecular weight excluding hydrogens is 360 g/mol. The molecule has 28 heavy (non-hydrogen) atoms. The van der Waals surface area contributed by atoms with Gasteiger partial charge in [0.05, 0.1) is 25.3 Å². The number of fused-ring (bicyclic) bond motifs is 1. The molecule has 0 bridgehead atoms. The van der Waals surface area contributed by atoms with Crippen LogP contribution in [0.1, 0.15) is 23.0 Å². The van der Waals surface area contributed by atoms with Crippen LogP contribution in [-0.2, 0) is 7.05 Å². The van der Waals surface area contributed by atoms with Gasteiger partial charge >= 0.3 is 0 Å². The molecule has 144 valence electrons. The van der Waals surface area contributed by atoms with Crippen molar-refractivity contribution >= 4 is 22.9 Å². The number of carbonyl (C=O) groups is 1. The highest BCUT2D eigenvalue weighted by atomic mass is 16.5. The van der Waals surface area contributed by atoms with Gasteiger partial charge in [0.2, 0.25) is 0 Å². The summed E-state index contributed by atoms with van der Waals surface area (Å²) in [5, 5.41) is 8.95. The fourth-order valence-electron chi connectivity index (χ4n) is 2.73. The van der Waals surface area contributed by atoms with Crippen molar-refractivity contribution in [3.8, 4) is 11.5 Å². The first-order valence-electron chi connectivity index (χ1n) is 8.65. The summed E-state index contributed by atoms with van der Waals surface area (Å²) in [6, 6.07) is 12.1. The minimum absolute atomic E-state index is 0.125. The van der Waals surface area contributed by atoms with Crippen LogP contribution >= 0.6 is 0 Å². The molecule has 8 heteroatoms. The number of hydrazone groups is 1. The number of rotatable bonds is 6. The van der Waals surface area contributed by atoms with Crippen molar-refractivity contribution in [2.45, 2.75) is 6.92 Å². The Bertz CT molecular complexity index is 1110. The molecule has 2 aromatic carbocycles. The maximum Gasteiger partial charge on any atom is 0.292 e. The Labute approximate surface area is 161 Å². The number of methoxy groups -OCH3 is 1. The average Bonchev–Trinajstić information content (AvgIpc) is 2.71. The maximum absolute atomic E-state index is 12.5. The third-order valence-electron chi connectivity index (χ3n) is 4.04. The Morgan fingerprint density at radius 3 is 2.68 bits per heavy atom. The fraction of sp³-hybridized carbons (Fsp3) is 0.200. The number of nitrogens with zero attached hydrogens (tertiary/aromatic N) is 3. The van der Waals surface area contributed by atoms with Crippen molar-refractivity contribution in [1.82, 2.24) is 15.2 Å². The number of carbonyl (C=O) groups excluding carboxylic acids is 1. The molecule has 0 aliphatic carbocycles. The van der Waals surface area contributed by atoms with Crippen LogP contribution in [0.3, 0.4) is 0 Å². The van der Waals surface area contributed by atoms with E-state index in [0.29, 0.717) is 28.9 Å². The Morgan fingerprint density at radius 2 is 1.96 bits per heavy atom. The molecule has 3 rings (SSSR count). The van der Waals surface area contributed by atoms with Crippen LogP contribution in [0.15, 0.2) is 52.4 Å². The molecular formula is C20H20N4O4. The lowest BCUT2D eigenvalue weighted by atomic mass is 10.1. The van der Waals surface area contributed by atoms with Crippen molar-refractivity contribution in [2.24, 2.45) is 12.1 Å². The van der Waals surface area contributed by atoms with E-state index in [1.165, 1.54) is 13.3 Å². The van der Waals surface area contributed by atoms with Gasteiger partial charge in [0.15, 0.2) is 17.2 Å². The lowest BCUT2D eigenvalue weighted by Crippen LogP contribution is -2.27. The second kappa shape index (κ2) is 8.34. The minimum Gasteiger partial charge on any atom is -0.493 e. The van der Waals surface area contributed by atoms with Crippen LogP contribution < -0.4 is 20.5 Å². The van der Waals surface area contributed by atoms with E-state index in [9.17, 15) is 9.59 Å². The Balaban J connectivity index is 1.83. The SMILES string of the molecule is CCOc1cc(/C=N\NC(=O)c2nn(C)c(=O)c3ccccc23)ccc1OC. The van der Waals surface area contributed by atoms with Gasteiger partial charge in [0.25, 0.3) is 11.5 Å². The molecule has 0 atom stereocenters. The molecule has 1 amide bonds. The quantitative estimate of drug-likeness (QED) is 0.522. The molecule has 0 saturated heterocycles. The third kappa shape index (κ3) is 3.85. The van der Waals surface area contributed by atoms with Crippen LogP contribution in [0.2, 0.25) is 0 Å². The largest absolute Gasteiger partial charge is 0.493 e. The zero-order valence-electron chi connectivity index (χ0n) is 15.8. The maximum atomic E-state index is 12.5. The molecule has 0 aliphatic heterocycles. The Hall–Kier alpha value is -3.68. The standard InChI is InChI=1S/C20H20N4O4/c1-4-28-17-11-13(9-10-16(17)27-3)12-21-22-19(25)18-14-7-5-6-8-15(14)20(26)24(2)23-18/h5-12H,4H2,1-3H3,(H,22,25)/b21-12-. The minimum atomic E-state index is -0.512. The van der Waals surface area contributed by atoms with Crippen molar-refractivity contribution < 1.29 is 14.3 Å². The summed E-state index contributed by atoms with van der Waals surface area (Å²) in [5.74, 6) is 0.691. The first-order valence-corrected chi connectivity index (χ1v) is 8.65.